The normalized spacial score (nSPS) is 16.9. The molecular weight excluding hydrogens is 287 g/mol. The number of amides is 2. The van der Waals surface area contributed by atoms with Crippen LogP contribution in [0.3, 0.4) is 0 Å². The number of thioether (sulfide) groups is 1. The molecule has 0 bridgehead atoms. The van der Waals surface area contributed by atoms with Gasteiger partial charge in [0.15, 0.2) is 0 Å². The highest BCUT2D eigenvalue weighted by molar-refractivity contribution is 7.99. The molecule has 0 fully saturated rings. The Morgan fingerprint density at radius 1 is 1.14 bits per heavy atom. The van der Waals surface area contributed by atoms with Gasteiger partial charge in [-0.25, -0.2) is 9.18 Å². The summed E-state index contributed by atoms with van der Waals surface area (Å²) in [5.41, 5.74) is 1.59. The zero-order valence-corrected chi connectivity index (χ0v) is 12.1. The lowest BCUT2D eigenvalue weighted by molar-refractivity contribution is 0.248. The highest BCUT2D eigenvalue weighted by Gasteiger charge is 2.24. The first-order chi connectivity index (χ1) is 10.2. The van der Waals surface area contributed by atoms with Crippen molar-refractivity contribution in [2.75, 3.05) is 11.1 Å². The van der Waals surface area contributed by atoms with Gasteiger partial charge in [0.25, 0.3) is 0 Å². The molecule has 0 radical (unpaired) electrons. The van der Waals surface area contributed by atoms with Crippen molar-refractivity contribution in [3.05, 3.63) is 59.9 Å². The number of nitrogens with one attached hydrogen (secondary N) is 2. The first-order valence-corrected chi connectivity index (χ1v) is 7.76. The van der Waals surface area contributed by atoms with Gasteiger partial charge in [0.1, 0.15) is 5.82 Å². The summed E-state index contributed by atoms with van der Waals surface area (Å²) in [6.45, 7) is 0. The summed E-state index contributed by atoms with van der Waals surface area (Å²) in [6, 6.07) is 13.8. The summed E-state index contributed by atoms with van der Waals surface area (Å²) in [5, 5.41) is 5.70. The summed E-state index contributed by atoms with van der Waals surface area (Å²) < 4.78 is 13.8. The summed E-state index contributed by atoms with van der Waals surface area (Å²) >= 11 is 1.50. The van der Waals surface area contributed by atoms with Gasteiger partial charge in [-0.15, -0.1) is 11.8 Å². The van der Waals surface area contributed by atoms with Gasteiger partial charge in [-0.05, 0) is 30.2 Å². The van der Waals surface area contributed by atoms with E-state index in [1.165, 1.54) is 17.8 Å². The molecule has 2 aromatic carbocycles. The first kappa shape index (κ1) is 13.9. The van der Waals surface area contributed by atoms with Crippen LogP contribution in [0.2, 0.25) is 0 Å². The van der Waals surface area contributed by atoms with Crippen molar-refractivity contribution in [2.24, 2.45) is 0 Å². The molecule has 3 rings (SSSR count). The van der Waals surface area contributed by atoms with Crippen molar-refractivity contribution in [2.45, 2.75) is 17.4 Å². The molecule has 0 unspecified atom stereocenters. The number of para-hydroxylation sites is 1. The fraction of sp³-hybridized carbons (Fsp3) is 0.188. The zero-order valence-electron chi connectivity index (χ0n) is 11.3. The summed E-state index contributed by atoms with van der Waals surface area (Å²) in [7, 11) is 0. The number of carbonyl (C=O) groups excluding carboxylic acids is 1. The van der Waals surface area contributed by atoms with E-state index in [9.17, 15) is 9.18 Å². The second kappa shape index (κ2) is 6.18. The van der Waals surface area contributed by atoms with E-state index in [4.69, 9.17) is 0 Å². The topological polar surface area (TPSA) is 41.1 Å². The van der Waals surface area contributed by atoms with Gasteiger partial charge in [-0.3, -0.25) is 0 Å². The molecule has 108 valence electrons. The molecule has 0 saturated carbocycles. The minimum atomic E-state index is -0.270. The van der Waals surface area contributed by atoms with Crippen LogP contribution in [0.15, 0.2) is 53.4 Å². The van der Waals surface area contributed by atoms with Crippen molar-refractivity contribution in [1.82, 2.24) is 5.32 Å². The van der Waals surface area contributed by atoms with Gasteiger partial charge < -0.3 is 10.6 Å². The predicted octanol–water partition coefficient (Wildman–Crippen LogP) is 4.18. The predicted molar refractivity (Wildman–Crippen MR) is 83.1 cm³/mol. The molecule has 2 amide bonds. The number of halogens is 1. The molecule has 2 aromatic rings. The van der Waals surface area contributed by atoms with Gasteiger partial charge in [0.2, 0.25) is 0 Å². The van der Waals surface area contributed by atoms with Gasteiger partial charge in [-0.1, -0.05) is 30.3 Å². The molecule has 1 aliphatic rings. The molecule has 5 heteroatoms. The molecule has 0 saturated heterocycles. The second-order valence-corrected chi connectivity index (χ2v) is 5.92. The van der Waals surface area contributed by atoms with Crippen molar-refractivity contribution in [3.8, 4) is 0 Å². The molecule has 1 heterocycles. The Morgan fingerprint density at radius 3 is 2.76 bits per heavy atom. The monoisotopic (exact) mass is 302 g/mol. The van der Waals surface area contributed by atoms with Gasteiger partial charge in [-0.2, -0.15) is 0 Å². The highest BCUT2D eigenvalue weighted by atomic mass is 32.2. The lowest BCUT2D eigenvalue weighted by Gasteiger charge is -2.26. The Balaban J connectivity index is 1.72. The van der Waals surface area contributed by atoms with Crippen LogP contribution in [-0.4, -0.2) is 11.8 Å². The van der Waals surface area contributed by atoms with Crippen molar-refractivity contribution >= 4 is 23.5 Å². The number of anilines is 1. The first-order valence-electron chi connectivity index (χ1n) is 6.78. The van der Waals surface area contributed by atoms with Crippen molar-refractivity contribution in [3.63, 3.8) is 0 Å². The van der Waals surface area contributed by atoms with E-state index in [-0.39, 0.29) is 17.9 Å². The number of hydrogen-bond acceptors (Lipinski definition) is 2. The van der Waals surface area contributed by atoms with Crippen molar-refractivity contribution in [1.29, 1.82) is 0 Å². The van der Waals surface area contributed by atoms with Crippen LogP contribution in [0.1, 0.15) is 18.0 Å². The molecule has 2 N–H and O–H groups in total. The average Bonchev–Trinajstić information content (AvgIpc) is 2.49. The molecule has 21 heavy (non-hydrogen) atoms. The third-order valence-electron chi connectivity index (χ3n) is 3.36. The SMILES string of the molecule is O=C(Nc1ccccc1)N[C@@H]1CCSc2c(F)cccc21. The third-order valence-corrected chi connectivity index (χ3v) is 4.52. The molecule has 3 nitrogen and oxygen atoms in total. The van der Waals surface area contributed by atoms with Gasteiger partial charge in [0, 0.05) is 16.3 Å². The average molecular weight is 302 g/mol. The Labute approximate surface area is 126 Å². The lowest BCUT2D eigenvalue weighted by Crippen LogP contribution is -2.34. The standard InChI is InChI=1S/C16H15FN2OS/c17-13-8-4-7-12-14(9-10-21-15(12)13)19-16(20)18-11-5-2-1-3-6-11/h1-8,14H,9-10H2,(H2,18,19,20)/t14-/m1/s1. The minimum absolute atomic E-state index is 0.152. The molecular formula is C16H15FN2OS. The Kier molecular flexibility index (Phi) is 4.10. The Hall–Kier alpha value is -2.01. The number of rotatable bonds is 2. The van der Waals surface area contributed by atoms with Crippen LogP contribution in [0.5, 0.6) is 0 Å². The molecule has 0 aromatic heterocycles. The minimum Gasteiger partial charge on any atom is -0.331 e. The molecule has 0 aliphatic carbocycles. The fourth-order valence-electron chi connectivity index (χ4n) is 2.38. The highest BCUT2D eigenvalue weighted by Crippen LogP contribution is 2.37. The van der Waals surface area contributed by atoms with Crippen molar-refractivity contribution < 1.29 is 9.18 Å². The second-order valence-electron chi connectivity index (χ2n) is 4.81. The van der Waals surface area contributed by atoms with Crippen LogP contribution in [0, 0.1) is 5.82 Å². The molecule has 1 atom stereocenters. The summed E-state index contributed by atoms with van der Waals surface area (Å²) in [4.78, 5) is 12.7. The van der Waals surface area contributed by atoms with E-state index < -0.39 is 0 Å². The maximum absolute atomic E-state index is 13.8. The van der Waals surface area contributed by atoms with E-state index >= 15 is 0 Å². The van der Waals surface area contributed by atoms with Crippen LogP contribution in [0.4, 0.5) is 14.9 Å². The van der Waals surface area contributed by atoms with Crippen LogP contribution < -0.4 is 10.6 Å². The Morgan fingerprint density at radius 2 is 1.95 bits per heavy atom. The quantitative estimate of drug-likeness (QED) is 0.873. The molecule has 0 spiro atoms. The van der Waals surface area contributed by atoms with Gasteiger partial charge in [0.05, 0.1) is 6.04 Å². The number of carbonyl (C=O) groups is 1. The summed E-state index contributed by atoms with van der Waals surface area (Å²) in [6.07, 6.45) is 0.795. The van der Waals surface area contributed by atoms with E-state index in [1.54, 1.807) is 6.07 Å². The molecule has 1 aliphatic heterocycles. The zero-order chi connectivity index (χ0) is 14.7. The largest absolute Gasteiger partial charge is 0.331 e. The van der Waals surface area contributed by atoms with Crippen LogP contribution >= 0.6 is 11.8 Å². The third kappa shape index (κ3) is 3.19. The number of benzene rings is 2. The van der Waals surface area contributed by atoms with E-state index in [1.807, 2.05) is 36.4 Å². The van der Waals surface area contributed by atoms with E-state index in [0.717, 1.165) is 23.4 Å². The maximum Gasteiger partial charge on any atom is 0.319 e. The fourth-order valence-corrected chi connectivity index (χ4v) is 3.52. The van der Waals surface area contributed by atoms with Gasteiger partial charge >= 0.3 is 6.03 Å². The van der Waals surface area contributed by atoms with Crippen LogP contribution in [-0.2, 0) is 0 Å². The number of fused-ring (bicyclic) bond motifs is 1. The lowest BCUT2D eigenvalue weighted by atomic mass is 10.0. The van der Waals surface area contributed by atoms with E-state index in [0.29, 0.717) is 4.90 Å². The summed E-state index contributed by atoms with van der Waals surface area (Å²) in [5.74, 6) is 0.581. The smallest absolute Gasteiger partial charge is 0.319 e. The Bertz CT molecular complexity index is 648. The van der Waals surface area contributed by atoms with Crippen LogP contribution in [0.25, 0.3) is 0 Å². The van der Waals surface area contributed by atoms with E-state index in [2.05, 4.69) is 10.6 Å². The maximum atomic E-state index is 13.8. The number of urea groups is 1. The number of hydrogen-bond donors (Lipinski definition) is 2.